The topological polar surface area (TPSA) is 45.4 Å². The zero-order chi connectivity index (χ0) is 9.97. The van der Waals surface area contributed by atoms with E-state index in [0.29, 0.717) is 5.88 Å². The van der Waals surface area contributed by atoms with Crippen LogP contribution in [0.15, 0.2) is 46.7 Å². The molecule has 0 bridgehead atoms. The number of aliphatic hydroxyl groups is 1. The van der Waals surface area contributed by atoms with Crippen molar-refractivity contribution in [2.75, 3.05) is 5.32 Å². The van der Waals surface area contributed by atoms with Crippen LogP contribution in [0.3, 0.4) is 0 Å². The molecule has 2 aromatic rings. The lowest BCUT2D eigenvalue weighted by Crippen LogP contribution is -1.85. The minimum absolute atomic E-state index is 0.213. The summed E-state index contributed by atoms with van der Waals surface area (Å²) in [4.78, 5) is 0. The molecule has 1 aromatic heterocycles. The van der Waals surface area contributed by atoms with Gasteiger partial charge in [-0.3, -0.25) is 0 Å². The number of aliphatic hydroxyl groups excluding tert-OH is 1. The molecule has 2 N–H and O–H groups in total. The van der Waals surface area contributed by atoms with Gasteiger partial charge >= 0.3 is 0 Å². The van der Waals surface area contributed by atoms with Crippen molar-refractivity contribution in [2.24, 2.45) is 0 Å². The Labute approximate surface area is 81.7 Å². The van der Waals surface area contributed by atoms with Crippen LogP contribution in [0, 0.1) is 0 Å². The molecule has 0 amide bonds. The number of furan rings is 1. The summed E-state index contributed by atoms with van der Waals surface area (Å²) in [5.74, 6) is 0.838. The smallest absolute Gasteiger partial charge is 0.198 e. The number of allylic oxidation sites excluding steroid dienone is 1. The van der Waals surface area contributed by atoms with E-state index >= 15 is 0 Å². The van der Waals surface area contributed by atoms with Gasteiger partial charge in [0, 0.05) is 17.7 Å². The Kier molecular flexibility index (Phi) is 2.14. The molecule has 0 unspecified atom stereocenters. The largest absolute Gasteiger partial charge is 0.511 e. The van der Waals surface area contributed by atoms with Crippen LogP contribution < -0.4 is 5.32 Å². The minimum Gasteiger partial charge on any atom is -0.511 e. The molecule has 14 heavy (non-hydrogen) atoms. The first-order valence-electron chi connectivity index (χ1n) is 4.36. The van der Waals surface area contributed by atoms with Crippen LogP contribution in [-0.4, -0.2) is 5.11 Å². The number of hydrogen-bond donors (Lipinski definition) is 2. The van der Waals surface area contributed by atoms with Crippen molar-refractivity contribution in [2.45, 2.75) is 6.92 Å². The predicted molar refractivity (Wildman–Crippen MR) is 56.2 cm³/mol. The molecule has 72 valence electrons. The lowest BCUT2D eigenvalue weighted by Gasteiger charge is -1.93. The standard InChI is InChI=1S/C11H11NO2/c1-8(13)7-12-11-6-9-4-2-3-5-10(9)14-11/h2-7,12-13H,1H3. The molecule has 0 radical (unpaired) electrons. The number of hydrogen-bond acceptors (Lipinski definition) is 3. The second kappa shape index (κ2) is 3.46. The molecule has 0 saturated carbocycles. The van der Waals surface area contributed by atoms with E-state index in [9.17, 15) is 0 Å². The third-order valence-electron chi connectivity index (χ3n) is 1.85. The van der Waals surface area contributed by atoms with Crippen LogP contribution in [0.25, 0.3) is 11.0 Å². The molecule has 0 aliphatic carbocycles. The van der Waals surface area contributed by atoms with E-state index in [1.165, 1.54) is 6.20 Å². The number of benzene rings is 1. The number of nitrogens with one attached hydrogen (secondary N) is 1. The van der Waals surface area contributed by atoms with Gasteiger partial charge in [-0.2, -0.15) is 0 Å². The first-order valence-corrected chi connectivity index (χ1v) is 4.36. The quantitative estimate of drug-likeness (QED) is 0.712. The maximum atomic E-state index is 8.95. The van der Waals surface area contributed by atoms with Gasteiger partial charge in [0.15, 0.2) is 5.88 Å². The fraction of sp³-hybridized carbons (Fsp3) is 0.0909. The molecule has 0 aliphatic rings. The lowest BCUT2D eigenvalue weighted by atomic mass is 10.3. The summed E-state index contributed by atoms with van der Waals surface area (Å²) in [6.07, 6.45) is 1.48. The first-order chi connectivity index (χ1) is 6.75. The number of fused-ring (bicyclic) bond motifs is 1. The fourth-order valence-electron chi connectivity index (χ4n) is 1.23. The van der Waals surface area contributed by atoms with Crippen LogP contribution in [0.1, 0.15) is 6.92 Å². The van der Waals surface area contributed by atoms with Crippen molar-refractivity contribution in [3.05, 3.63) is 42.3 Å². The predicted octanol–water partition coefficient (Wildman–Crippen LogP) is 3.26. The molecule has 0 saturated heterocycles. The minimum atomic E-state index is 0.213. The van der Waals surface area contributed by atoms with Gasteiger partial charge in [0.2, 0.25) is 0 Å². The zero-order valence-corrected chi connectivity index (χ0v) is 7.82. The Morgan fingerprint density at radius 2 is 2.21 bits per heavy atom. The Hall–Kier alpha value is -1.90. The second-order valence-electron chi connectivity index (χ2n) is 3.08. The SMILES string of the molecule is CC(O)=CNc1cc2ccccc2o1. The highest BCUT2D eigenvalue weighted by molar-refractivity contribution is 5.80. The highest BCUT2D eigenvalue weighted by Gasteiger charge is 1.99. The third-order valence-corrected chi connectivity index (χ3v) is 1.85. The Balaban J connectivity index is 2.31. The maximum absolute atomic E-state index is 8.95. The zero-order valence-electron chi connectivity index (χ0n) is 7.82. The molecule has 3 nitrogen and oxygen atoms in total. The molecule has 1 heterocycles. The number of anilines is 1. The van der Waals surface area contributed by atoms with E-state index in [-0.39, 0.29) is 5.76 Å². The average Bonchev–Trinajstić information content (AvgIpc) is 2.57. The molecular weight excluding hydrogens is 178 g/mol. The molecule has 1 aromatic carbocycles. The van der Waals surface area contributed by atoms with Gasteiger partial charge in [-0.25, -0.2) is 0 Å². The van der Waals surface area contributed by atoms with Crippen molar-refractivity contribution in [1.82, 2.24) is 0 Å². The van der Waals surface area contributed by atoms with E-state index in [1.54, 1.807) is 6.92 Å². The average molecular weight is 189 g/mol. The Morgan fingerprint density at radius 3 is 2.93 bits per heavy atom. The monoisotopic (exact) mass is 189 g/mol. The summed E-state index contributed by atoms with van der Waals surface area (Å²) < 4.78 is 5.45. The van der Waals surface area contributed by atoms with Crippen LogP contribution in [-0.2, 0) is 0 Å². The second-order valence-corrected chi connectivity index (χ2v) is 3.08. The molecular formula is C11H11NO2. The Morgan fingerprint density at radius 1 is 1.43 bits per heavy atom. The van der Waals surface area contributed by atoms with E-state index < -0.39 is 0 Å². The molecule has 0 spiro atoms. The van der Waals surface area contributed by atoms with E-state index in [4.69, 9.17) is 9.52 Å². The summed E-state index contributed by atoms with van der Waals surface area (Å²) in [6, 6.07) is 9.63. The molecule has 0 fully saturated rings. The van der Waals surface area contributed by atoms with Crippen molar-refractivity contribution in [3.8, 4) is 0 Å². The van der Waals surface area contributed by atoms with E-state index in [1.807, 2.05) is 30.3 Å². The van der Waals surface area contributed by atoms with Gasteiger partial charge in [-0.05, 0) is 13.0 Å². The van der Waals surface area contributed by atoms with Gasteiger partial charge in [-0.1, -0.05) is 18.2 Å². The van der Waals surface area contributed by atoms with Crippen molar-refractivity contribution < 1.29 is 9.52 Å². The first kappa shape index (κ1) is 8.69. The third kappa shape index (κ3) is 1.71. The van der Waals surface area contributed by atoms with Crippen molar-refractivity contribution >= 4 is 16.9 Å². The molecule has 0 aliphatic heterocycles. The lowest BCUT2D eigenvalue weighted by molar-refractivity contribution is 0.413. The summed E-state index contributed by atoms with van der Waals surface area (Å²) >= 11 is 0. The fourth-order valence-corrected chi connectivity index (χ4v) is 1.23. The Bertz CT molecular complexity index is 434. The van der Waals surface area contributed by atoms with Crippen LogP contribution in [0.4, 0.5) is 5.88 Å². The number of rotatable bonds is 2. The summed E-state index contributed by atoms with van der Waals surface area (Å²) in [5, 5.41) is 12.8. The summed E-state index contributed by atoms with van der Waals surface area (Å²) in [7, 11) is 0. The van der Waals surface area contributed by atoms with Crippen molar-refractivity contribution in [3.63, 3.8) is 0 Å². The van der Waals surface area contributed by atoms with Crippen LogP contribution in [0.5, 0.6) is 0 Å². The normalized spacial score (nSPS) is 11.9. The molecule has 0 atom stereocenters. The van der Waals surface area contributed by atoms with E-state index in [2.05, 4.69) is 5.32 Å². The van der Waals surface area contributed by atoms with Crippen LogP contribution in [0.2, 0.25) is 0 Å². The van der Waals surface area contributed by atoms with Crippen molar-refractivity contribution in [1.29, 1.82) is 0 Å². The maximum Gasteiger partial charge on any atom is 0.198 e. The molecule has 3 heteroatoms. The van der Waals surface area contributed by atoms with E-state index in [0.717, 1.165) is 11.0 Å². The van der Waals surface area contributed by atoms with Gasteiger partial charge in [0.25, 0.3) is 0 Å². The summed E-state index contributed by atoms with van der Waals surface area (Å²) in [5.41, 5.74) is 0.832. The highest BCUT2D eigenvalue weighted by atomic mass is 16.3. The number of para-hydroxylation sites is 1. The van der Waals surface area contributed by atoms with Gasteiger partial charge < -0.3 is 14.8 Å². The van der Waals surface area contributed by atoms with Gasteiger partial charge in [0.05, 0.1) is 0 Å². The summed E-state index contributed by atoms with van der Waals surface area (Å²) in [6.45, 7) is 1.59. The van der Waals surface area contributed by atoms with Crippen LogP contribution >= 0.6 is 0 Å². The van der Waals surface area contributed by atoms with Gasteiger partial charge in [0.1, 0.15) is 11.3 Å². The highest BCUT2D eigenvalue weighted by Crippen LogP contribution is 2.22. The van der Waals surface area contributed by atoms with Gasteiger partial charge in [-0.15, -0.1) is 0 Å². The molecule has 2 rings (SSSR count).